The average molecular weight is 245 g/mol. The van der Waals surface area contributed by atoms with Crippen LogP contribution in [0.25, 0.3) is 0 Å². The first-order valence-corrected chi connectivity index (χ1v) is 6.13. The van der Waals surface area contributed by atoms with Crippen molar-refractivity contribution in [2.75, 3.05) is 12.4 Å². The maximum atomic E-state index is 11.4. The molecule has 3 nitrogen and oxygen atoms in total. The lowest BCUT2D eigenvalue weighted by Crippen LogP contribution is -2.38. The van der Waals surface area contributed by atoms with Crippen LogP contribution in [0.5, 0.6) is 5.75 Å². The van der Waals surface area contributed by atoms with Crippen LogP contribution in [0.15, 0.2) is 36.4 Å². The molecular formula is C15H19NO2. The second kappa shape index (κ2) is 4.84. The van der Waals surface area contributed by atoms with Crippen LogP contribution in [0.2, 0.25) is 0 Å². The third kappa shape index (κ3) is 2.73. The van der Waals surface area contributed by atoms with Gasteiger partial charge in [0.25, 0.3) is 0 Å². The Morgan fingerprint density at radius 1 is 1.28 bits per heavy atom. The molecule has 1 atom stereocenters. The lowest BCUT2D eigenvalue weighted by Gasteiger charge is -2.35. The number of nitrogens with one attached hydrogen (secondary N) is 1. The molecule has 96 valence electrons. The number of methoxy groups -OCH3 is 1. The quantitative estimate of drug-likeness (QED) is 0.889. The van der Waals surface area contributed by atoms with Crippen molar-refractivity contribution in [1.82, 2.24) is 0 Å². The number of ether oxygens (including phenoxy) is 1. The standard InChI is InChI=1S/C15H19NO2/c1-15(2)10-12(17)6-9-14(15)16-11-4-7-13(18-3)8-5-11/h4-9,14,16H,10H2,1-3H3. The summed E-state index contributed by atoms with van der Waals surface area (Å²) >= 11 is 0. The van der Waals surface area contributed by atoms with Crippen molar-refractivity contribution in [2.45, 2.75) is 26.3 Å². The summed E-state index contributed by atoms with van der Waals surface area (Å²) in [5.74, 6) is 1.04. The zero-order chi connectivity index (χ0) is 13.2. The van der Waals surface area contributed by atoms with Gasteiger partial charge in [-0.15, -0.1) is 0 Å². The van der Waals surface area contributed by atoms with Crippen molar-refractivity contribution in [1.29, 1.82) is 0 Å². The highest BCUT2D eigenvalue weighted by Crippen LogP contribution is 2.32. The molecule has 0 spiro atoms. The molecule has 18 heavy (non-hydrogen) atoms. The Bertz CT molecular complexity index is 460. The molecule has 0 amide bonds. The van der Waals surface area contributed by atoms with E-state index in [9.17, 15) is 4.79 Å². The molecule has 0 saturated heterocycles. The fraction of sp³-hybridized carbons (Fsp3) is 0.400. The third-order valence-corrected chi connectivity index (χ3v) is 3.36. The lowest BCUT2D eigenvalue weighted by atomic mass is 9.76. The van der Waals surface area contributed by atoms with Gasteiger partial charge in [0.15, 0.2) is 5.78 Å². The van der Waals surface area contributed by atoms with Crippen LogP contribution in [-0.2, 0) is 4.79 Å². The Labute approximate surface area is 108 Å². The van der Waals surface area contributed by atoms with Crippen molar-refractivity contribution in [3.8, 4) is 5.75 Å². The number of ketones is 1. The molecule has 1 aliphatic rings. The predicted molar refractivity (Wildman–Crippen MR) is 72.9 cm³/mol. The summed E-state index contributed by atoms with van der Waals surface area (Å²) < 4.78 is 5.13. The van der Waals surface area contributed by atoms with Gasteiger partial charge in [0.1, 0.15) is 5.75 Å². The van der Waals surface area contributed by atoms with E-state index in [1.807, 2.05) is 30.3 Å². The van der Waals surface area contributed by atoms with Crippen molar-refractivity contribution >= 4 is 11.5 Å². The summed E-state index contributed by atoms with van der Waals surface area (Å²) in [6.07, 6.45) is 4.21. The minimum Gasteiger partial charge on any atom is -0.497 e. The third-order valence-electron chi connectivity index (χ3n) is 3.36. The van der Waals surface area contributed by atoms with Crippen LogP contribution in [0.4, 0.5) is 5.69 Å². The number of benzene rings is 1. The van der Waals surface area contributed by atoms with Gasteiger partial charge < -0.3 is 10.1 Å². The second-order valence-electron chi connectivity index (χ2n) is 5.34. The number of hydrogen-bond acceptors (Lipinski definition) is 3. The number of rotatable bonds is 3. The molecule has 1 aromatic rings. The molecule has 0 aromatic heterocycles. The molecule has 0 heterocycles. The van der Waals surface area contributed by atoms with Crippen molar-refractivity contribution in [3.05, 3.63) is 36.4 Å². The molecule has 2 rings (SSSR count). The van der Waals surface area contributed by atoms with E-state index in [-0.39, 0.29) is 17.2 Å². The molecule has 1 N–H and O–H groups in total. The molecule has 3 heteroatoms. The van der Waals surface area contributed by atoms with Gasteiger partial charge in [0.2, 0.25) is 0 Å². The molecule has 1 aromatic carbocycles. The molecule has 1 aliphatic carbocycles. The monoisotopic (exact) mass is 245 g/mol. The van der Waals surface area contributed by atoms with Crippen LogP contribution < -0.4 is 10.1 Å². The van der Waals surface area contributed by atoms with Gasteiger partial charge >= 0.3 is 0 Å². The fourth-order valence-electron chi connectivity index (χ4n) is 2.19. The Hall–Kier alpha value is -1.77. The highest BCUT2D eigenvalue weighted by atomic mass is 16.5. The molecule has 0 radical (unpaired) electrons. The maximum absolute atomic E-state index is 11.4. The fourth-order valence-corrected chi connectivity index (χ4v) is 2.19. The molecule has 0 aliphatic heterocycles. The highest BCUT2D eigenvalue weighted by Gasteiger charge is 2.32. The zero-order valence-corrected chi connectivity index (χ0v) is 11.1. The highest BCUT2D eigenvalue weighted by molar-refractivity contribution is 5.91. The van der Waals surface area contributed by atoms with E-state index < -0.39 is 0 Å². The zero-order valence-electron chi connectivity index (χ0n) is 11.1. The van der Waals surface area contributed by atoms with E-state index in [4.69, 9.17) is 4.74 Å². The Morgan fingerprint density at radius 3 is 2.50 bits per heavy atom. The number of carbonyl (C=O) groups is 1. The summed E-state index contributed by atoms with van der Waals surface area (Å²) in [7, 11) is 1.65. The van der Waals surface area contributed by atoms with E-state index >= 15 is 0 Å². The smallest absolute Gasteiger partial charge is 0.156 e. The van der Waals surface area contributed by atoms with Crippen molar-refractivity contribution in [3.63, 3.8) is 0 Å². The van der Waals surface area contributed by atoms with Crippen LogP contribution in [-0.4, -0.2) is 18.9 Å². The molecule has 0 saturated carbocycles. The first kappa shape index (κ1) is 12.7. The number of carbonyl (C=O) groups excluding carboxylic acids is 1. The normalized spacial score (nSPS) is 21.7. The number of anilines is 1. The second-order valence-corrected chi connectivity index (χ2v) is 5.34. The van der Waals surface area contributed by atoms with Crippen LogP contribution in [0.1, 0.15) is 20.3 Å². The summed E-state index contributed by atoms with van der Waals surface area (Å²) in [5.41, 5.74) is 0.971. The lowest BCUT2D eigenvalue weighted by molar-refractivity contribution is -0.117. The number of hydrogen-bond donors (Lipinski definition) is 1. The van der Waals surface area contributed by atoms with E-state index in [0.717, 1.165) is 11.4 Å². The maximum Gasteiger partial charge on any atom is 0.156 e. The molecule has 0 fully saturated rings. The van der Waals surface area contributed by atoms with E-state index in [1.165, 1.54) is 0 Å². The van der Waals surface area contributed by atoms with Gasteiger partial charge in [0, 0.05) is 12.1 Å². The van der Waals surface area contributed by atoms with Gasteiger partial charge in [-0.2, -0.15) is 0 Å². The van der Waals surface area contributed by atoms with E-state index in [2.05, 4.69) is 19.2 Å². The Kier molecular flexibility index (Phi) is 3.41. The Balaban J connectivity index is 2.12. The van der Waals surface area contributed by atoms with Gasteiger partial charge in [-0.25, -0.2) is 0 Å². The van der Waals surface area contributed by atoms with Crippen LogP contribution >= 0.6 is 0 Å². The first-order chi connectivity index (χ1) is 8.51. The van der Waals surface area contributed by atoms with Gasteiger partial charge in [-0.05, 0) is 35.8 Å². The topological polar surface area (TPSA) is 38.3 Å². The van der Waals surface area contributed by atoms with Gasteiger partial charge in [-0.3, -0.25) is 4.79 Å². The van der Waals surface area contributed by atoms with E-state index in [0.29, 0.717) is 6.42 Å². The average Bonchev–Trinajstić information content (AvgIpc) is 2.33. The first-order valence-electron chi connectivity index (χ1n) is 6.13. The predicted octanol–water partition coefficient (Wildman–Crippen LogP) is 3.03. The van der Waals surface area contributed by atoms with E-state index in [1.54, 1.807) is 13.2 Å². The molecular weight excluding hydrogens is 226 g/mol. The summed E-state index contributed by atoms with van der Waals surface area (Å²) in [4.78, 5) is 11.4. The van der Waals surface area contributed by atoms with Crippen LogP contribution in [0, 0.1) is 5.41 Å². The summed E-state index contributed by atoms with van der Waals surface area (Å²) in [5, 5.41) is 3.45. The summed E-state index contributed by atoms with van der Waals surface area (Å²) in [6, 6.07) is 7.99. The van der Waals surface area contributed by atoms with Crippen molar-refractivity contribution in [2.24, 2.45) is 5.41 Å². The molecule has 0 bridgehead atoms. The minimum absolute atomic E-state index is 0.0637. The van der Waals surface area contributed by atoms with Gasteiger partial charge in [0.05, 0.1) is 13.2 Å². The SMILES string of the molecule is COc1ccc(NC2C=CC(=O)CC2(C)C)cc1. The largest absolute Gasteiger partial charge is 0.497 e. The molecule has 1 unspecified atom stereocenters. The van der Waals surface area contributed by atoms with Gasteiger partial charge in [-0.1, -0.05) is 19.9 Å². The van der Waals surface area contributed by atoms with Crippen molar-refractivity contribution < 1.29 is 9.53 Å². The summed E-state index contributed by atoms with van der Waals surface area (Å²) in [6.45, 7) is 4.21. The number of allylic oxidation sites excluding steroid dienone is 1. The van der Waals surface area contributed by atoms with Crippen LogP contribution in [0.3, 0.4) is 0 Å². The Morgan fingerprint density at radius 2 is 1.94 bits per heavy atom. The minimum atomic E-state index is -0.0637.